The fourth-order valence-electron chi connectivity index (χ4n) is 4.07. The summed E-state index contributed by atoms with van der Waals surface area (Å²) >= 11 is 0. The summed E-state index contributed by atoms with van der Waals surface area (Å²) in [5, 5.41) is 35.7. The largest absolute Gasteiger partial charge is 0.504 e. The predicted molar refractivity (Wildman–Crippen MR) is 135 cm³/mol. The zero-order valence-corrected chi connectivity index (χ0v) is 20.7. The molecule has 0 radical (unpaired) electrons. The van der Waals surface area contributed by atoms with E-state index in [4.69, 9.17) is 4.74 Å². The third-order valence-electron chi connectivity index (χ3n) is 6.21. The number of carbonyl (C=O) groups excluding carboxylic acids is 1. The van der Waals surface area contributed by atoms with E-state index in [-0.39, 0.29) is 18.1 Å². The third kappa shape index (κ3) is 9.22. The van der Waals surface area contributed by atoms with Crippen molar-refractivity contribution in [2.75, 3.05) is 13.7 Å². The van der Waals surface area contributed by atoms with Crippen molar-refractivity contribution in [3.05, 3.63) is 59.7 Å². The summed E-state index contributed by atoms with van der Waals surface area (Å²) in [6.45, 7) is 4.21. The molecule has 0 bridgehead atoms. The van der Waals surface area contributed by atoms with Crippen molar-refractivity contribution in [3.63, 3.8) is 0 Å². The predicted octanol–water partition coefficient (Wildman–Crippen LogP) is 3.22. The van der Waals surface area contributed by atoms with Crippen LogP contribution in [-0.2, 0) is 16.0 Å². The Hall–Kier alpha value is -3.10. The van der Waals surface area contributed by atoms with Crippen molar-refractivity contribution in [2.45, 2.75) is 70.1 Å². The average molecular weight is 487 g/mol. The fourth-order valence-corrected chi connectivity index (χ4v) is 4.07. The highest BCUT2D eigenvalue weighted by Gasteiger charge is 2.26. The van der Waals surface area contributed by atoms with E-state index in [0.717, 1.165) is 17.5 Å². The molecule has 1 amide bonds. The molecule has 2 rings (SSSR count). The Balaban J connectivity index is 1.87. The minimum Gasteiger partial charge on any atom is -0.504 e. The van der Waals surface area contributed by atoms with Gasteiger partial charge < -0.3 is 30.7 Å². The maximum Gasteiger partial charge on any atom is 0.305 e. The number of ether oxygens (including phenoxy) is 1. The molecule has 4 atom stereocenters. The summed E-state index contributed by atoms with van der Waals surface area (Å²) < 4.78 is 5.04. The Bertz CT molecular complexity index is 937. The van der Waals surface area contributed by atoms with Gasteiger partial charge in [-0.25, -0.2) is 0 Å². The maximum absolute atomic E-state index is 12.8. The first-order chi connectivity index (χ1) is 16.7. The second kappa shape index (κ2) is 14.3. The average Bonchev–Trinajstić information content (AvgIpc) is 2.84. The first-order valence-electron chi connectivity index (χ1n) is 12.1. The molecule has 2 aromatic carbocycles. The van der Waals surface area contributed by atoms with E-state index in [9.17, 15) is 24.9 Å². The molecule has 0 aliphatic carbocycles. The van der Waals surface area contributed by atoms with Crippen LogP contribution in [0.2, 0.25) is 0 Å². The summed E-state index contributed by atoms with van der Waals surface area (Å²) in [6.07, 6.45) is 1.50. The number of carboxylic acids is 1. The molecule has 35 heavy (non-hydrogen) atoms. The van der Waals surface area contributed by atoms with Crippen LogP contribution in [0.25, 0.3) is 0 Å². The molecule has 0 unspecified atom stereocenters. The molecular formula is C27H38N2O6. The molecule has 2 aromatic rings. The molecule has 0 aromatic heterocycles. The second-order valence-corrected chi connectivity index (χ2v) is 8.83. The molecule has 0 saturated carbocycles. The number of rotatable bonds is 15. The Morgan fingerprint density at radius 3 is 2.43 bits per heavy atom. The van der Waals surface area contributed by atoms with Gasteiger partial charge in [0.2, 0.25) is 5.91 Å². The molecule has 0 heterocycles. The minimum atomic E-state index is -1.08. The number of benzene rings is 2. The van der Waals surface area contributed by atoms with Gasteiger partial charge in [0.05, 0.1) is 31.7 Å². The molecule has 8 heteroatoms. The number of phenolic OH excluding ortho intramolecular Hbond substituents is 1. The van der Waals surface area contributed by atoms with Crippen LogP contribution in [0, 0.1) is 0 Å². The summed E-state index contributed by atoms with van der Waals surface area (Å²) in [7, 11) is 1.48. The number of aromatic hydroxyl groups is 1. The molecule has 0 aliphatic rings. The van der Waals surface area contributed by atoms with Gasteiger partial charge >= 0.3 is 5.97 Å². The number of aliphatic hydroxyl groups excluding tert-OH is 1. The first-order valence-corrected chi connectivity index (χ1v) is 12.1. The zero-order chi connectivity index (χ0) is 25.8. The van der Waals surface area contributed by atoms with Crippen LogP contribution in [-0.4, -0.2) is 59.0 Å². The lowest BCUT2D eigenvalue weighted by molar-refractivity contribution is -0.140. The molecule has 0 fully saturated rings. The van der Waals surface area contributed by atoms with E-state index in [0.29, 0.717) is 31.6 Å². The number of phenols is 1. The fraction of sp³-hybridized carbons (Fsp3) is 0.481. The number of methoxy groups -OCH3 is 1. The standard InChI is InChI=1S/C27H38N2O6/c1-4-20(21-10-6-5-7-11-21)16-23(30)18(2)29-27(34)22(17-26(32)33)28-14-8-9-19-12-13-25(35-3)24(31)15-19/h5-7,10-13,15,18,20,22-23,28,30-31H,4,8-9,14,16-17H2,1-3H3,(H,29,34)(H,32,33)/t18-,20-,22-,23+/m0/s1. The molecule has 0 saturated heterocycles. The third-order valence-corrected chi connectivity index (χ3v) is 6.21. The number of aliphatic carboxylic acids is 1. The number of carbonyl (C=O) groups is 2. The van der Waals surface area contributed by atoms with Crippen LogP contribution >= 0.6 is 0 Å². The van der Waals surface area contributed by atoms with E-state index in [1.807, 2.05) is 36.4 Å². The number of carboxylic acid groups (broad SMARTS) is 1. The zero-order valence-electron chi connectivity index (χ0n) is 20.7. The lowest BCUT2D eigenvalue weighted by Crippen LogP contribution is -2.51. The monoisotopic (exact) mass is 486 g/mol. The van der Waals surface area contributed by atoms with E-state index >= 15 is 0 Å². The van der Waals surface area contributed by atoms with Gasteiger partial charge in [-0.1, -0.05) is 43.3 Å². The summed E-state index contributed by atoms with van der Waals surface area (Å²) in [6, 6.07) is 13.7. The van der Waals surface area contributed by atoms with E-state index in [1.165, 1.54) is 7.11 Å². The Kier molecular flexibility index (Phi) is 11.5. The molecule has 8 nitrogen and oxygen atoms in total. The van der Waals surface area contributed by atoms with E-state index in [2.05, 4.69) is 17.6 Å². The molecule has 0 spiro atoms. The van der Waals surface area contributed by atoms with Gasteiger partial charge in [-0.3, -0.25) is 9.59 Å². The second-order valence-electron chi connectivity index (χ2n) is 8.83. The van der Waals surface area contributed by atoms with Crippen LogP contribution in [0.3, 0.4) is 0 Å². The SMILES string of the molecule is CC[C@@H](C[C@@H](O)[C@H](C)NC(=O)[C@H](CC(=O)O)NCCCc1ccc(OC)c(O)c1)c1ccccc1. The highest BCUT2D eigenvalue weighted by molar-refractivity contribution is 5.86. The van der Waals surface area contributed by atoms with Crippen LogP contribution in [0.1, 0.15) is 56.6 Å². The van der Waals surface area contributed by atoms with E-state index < -0.39 is 30.1 Å². The van der Waals surface area contributed by atoms with Gasteiger partial charge in [0, 0.05) is 0 Å². The van der Waals surface area contributed by atoms with Crippen LogP contribution < -0.4 is 15.4 Å². The Morgan fingerprint density at radius 2 is 1.83 bits per heavy atom. The quantitative estimate of drug-likeness (QED) is 0.245. The Labute approximate surface area is 207 Å². The van der Waals surface area contributed by atoms with Gasteiger partial charge in [0.1, 0.15) is 0 Å². The summed E-state index contributed by atoms with van der Waals surface area (Å²) in [4.78, 5) is 24.1. The lowest BCUT2D eigenvalue weighted by atomic mass is 9.89. The molecule has 5 N–H and O–H groups in total. The highest BCUT2D eigenvalue weighted by Crippen LogP contribution is 2.27. The minimum absolute atomic E-state index is 0.0613. The number of hydrogen-bond donors (Lipinski definition) is 5. The number of amides is 1. The van der Waals surface area contributed by atoms with Crippen molar-refractivity contribution < 1.29 is 29.6 Å². The van der Waals surface area contributed by atoms with Crippen LogP contribution in [0.5, 0.6) is 11.5 Å². The molecular weight excluding hydrogens is 448 g/mol. The normalized spacial score (nSPS) is 14.5. The molecule has 192 valence electrons. The van der Waals surface area contributed by atoms with Crippen molar-refractivity contribution in [3.8, 4) is 11.5 Å². The van der Waals surface area contributed by atoms with Gasteiger partial charge in [-0.05, 0) is 68.3 Å². The van der Waals surface area contributed by atoms with E-state index in [1.54, 1.807) is 19.1 Å². The van der Waals surface area contributed by atoms with Crippen LogP contribution in [0.4, 0.5) is 0 Å². The highest BCUT2D eigenvalue weighted by atomic mass is 16.5. The number of aryl methyl sites for hydroxylation is 1. The summed E-state index contributed by atoms with van der Waals surface area (Å²) in [5.41, 5.74) is 2.05. The molecule has 0 aliphatic heterocycles. The number of nitrogens with one attached hydrogen (secondary N) is 2. The van der Waals surface area contributed by atoms with Gasteiger partial charge in [0.25, 0.3) is 0 Å². The van der Waals surface area contributed by atoms with Crippen molar-refractivity contribution >= 4 is 11.9 Å². The van der Waals surface area contributed by atoms with Gasteiger partial charge in [-0.15, -0.1) is 0 Å². The Morgan fingerprint density at radius 1 is 1.11 bits per heavy atom. The number of aliphatic hydroxyl groups is 1. The number of hydrogen-bond acceptors (Lipinski definition) is 6. The summed E-state index contributed by atoms with van der Waals surface area (Å²) in [5.74, 6) is -0.910. The van der Waals surface area contributed by atoms with Gasteiger partial charge in [0.15, 0.2) is 11.5 Å². The van der Waals surface area contributed by atoms with Crippen molar-refractivity contribution in [1.82, 2.24) is 10.6 Å². The van der Waals surface area contributed by atoms with Gasteiger partial charge in [-0.2, -0.15) is 0 Å². The topological polar surface area (TPSA) is 128 Å². The smallest absolute Gasteiger partial charge is 0.305 e. The van der Waals surface area contributed by atoms with Crippen molar-refractivity contribution in [2.24, 2.45) is 0 Å². The maximum atomic E-state index is 12.8. The first kappa shape index (κ1) is 28.1. The van der Waals surface area contributed by atoms with Crippen molar-refractivity contribution in [1.29, 1.82) is 0 Å². The lowest BCUT2D eigenvalue weighted by Gasteiger charge is -2.26. The van der Waals surface area contributed by atoms with Crippen LogP contribution in [0.15, 0.2) is 48.5 Å².